The average molecular weight is 168 g/mol. The van der Waals surface area contributed by atoms with E-state index >= 15 is 0 Å². The molecule has 0 fully saturated rings. The van der Waals surface area contributed by atoms with E-state index in [1.54, 1.807) is 6.92 Å². The molecule has 12 heavy (non-hydrogen) atoms. The van der Waals surface area contributed by atoms with Gasteiger partial charge in [-0.15, -0.1) is 5.10 Å². The lowest BCUT2D eigenvalue weighted by Gasteiger charge is -1.99. The predicted molar refractivity (Wildman–Crippen MR) is 40.2 cm³/mol. The van der Waals surface area contributed by atoms with Crippen molar-refractivity contribution in [1.29, 1.82) is 0 Å². The van der Waals surface area contributed by atoms with Gasteiger partial charge in [0.25, 0.3) is 0 Å². The van der Waals surface area contributed by atoms with Crippen molar-refractivity contribution in [3.8, 4) is 5.88 Å². The molecule has 1 N–H and O–H groups in total. The summed E-state index contributed by atoms with van der Waals surface area (Å²) in [5.41, 5.74) is 0.0773. The zero-order valence-electron chi connectivity index (χ0n) is 6.52. The van der Waals surface area contributed by atoms with E-state index < -0.39 is 5.97 Å². The molecule has 5 heteroatoms. The fraction of sp³-hybridized carbons (Fsp3) is 0.286. The van der Waals surface area contributed by atoms with E-state index in [0.29, 0.717) is 6.61 Å². The van der Waals surface area contributed by atoms with E-state index in [4.69, 9.17) is 9.84 Å². The summed E-state index contributed by atoms with van der Waals surface area (Å²) in [6.07, 6.45) is 1.17. The van der Waals surface area contributed by atoms with Crippen LogP contribution >= 0.6 is 0 Å². The number of carbonyl (C=O) groups is 1. The Balaban J connectivity index is 2.88. The van der Waals surface area contributed by atoms with Gasteiger partial charge in [-0.2, -0.15) is 5.10 Å². The van der Waals surface area contributed by atoms with Crippen molar-refractivity contribution in [2.45, 2.75) is 6.92 Å². The number of hydrogen-bond donors (Lipinski definition) is 1. The topological polar surface area (TPSA) is 72.3 Å². The van der Waals surface area contributed by atoms with Crippen molar-refractivity contribution in [3.63, 3.8) is 0 Å². The highest BCUT2D eigenvalue weighted by atomic mass is 16.5. The molecule has 1 aromatic heterocycles. The number of rotatable bonds is 3. The molecule has 0 aliphatic carbocycles. The molecule has 0 saturated carbocycles. The molecular formula is C7H8N2O3. The minimum atomic E-state index is -1.04. The first-order valence-electron chi connectivity index (χ1n) is 3.43. The molecule has 0 saturated heterocycles. The summed E-state index contributed by atoms with van der Waals surface area (Å²) >= 11 is 0. The maximum absolute atomic E-state index is 10.4. The largest absolute Gasteiger partial charge is 0.478 e. The lowest BCUT2D eigenvalue weighted by atomic mass is 10.3. The number of carboxylic acid groups (broad SMARTS) is 1. The Bertz CT molecular complexity index is 288. The molecule has 0 aliphatic rings. The van der Waals surface area contributed by atoms with Crippen LogP contribution in [0.1, 0.15) is 17.3 Å². The van der Waals surface area contributed by atoms with Gasteiger partial charge in [-0.3, -0.25) is 0 Å². The Morgan fingerprint density at radius 2 is 2.50 bits per heavy atom. The fourth-order valence-corrected chi connectivity index (χ4v) is 0.683. The van der Waals surface area contributed by atoms with Crippen molar-refractivity contribution in [2.24, 2.45) is 0 Å². The third kappa shape index (κ3) is 1.91. The van der Waals surface area contributed by atoms with Crippen LogP contribution in [0.15, 0.2) is 12.3 Å². The molecule has 0 aliphatic heterocycles. The van der Waals surface area contributed by atoms with E-state index in [1.165, 1.54) is 12.3 Å². The highest BCUT2D eigenvalue weighted by Gasteiger charge is 2.04. The Hall–Kier alpha value is -1.65. The fourth-order valence-electron chi connectivity index (χ4n) is 0.683. The maximum atomic E-state index is 10.4. The second-order valence-corrected chi connectivity index (χ2v) is 2.02. The predicted octanol–water partition coefficient (Wildman–Crippen LogP) is 0.573. The van der Waals surface area contributed by atoms with Crippen molar-refractivity contribution >= 4 is 5.97 Å². The minimum absolute atomic E-state index is 0.0773. The first kappa shape index (κ1) is 8.45. The summed E-state index contributed by atoms with van der Waals surface area (Å²) in [5.74, 6) is -0.803. The Morgan fingerprint density at radius 1 is 1.75 bits per heavy atom. The first-order valence-corrected chi connectivity index (χ1v) is 3.43. The first-order chi connectivity index (χ1) is 5.74. The monoisotopic (exact) mass is 168 g/mol. The van der Waals surface area contributed by atoms with Gasteiger partial charge in [0.15, 0.2) is 0 Å². The molecule has 0 radical (unpaired) electrons. The molecule has 1 rings (SSSR count). The summed E-state index contributed by atoms with van der Waals surface area (Å²) < 4.78 is 4.96. The molecule has 0 atom stereocenters. The molecule has 0 spiro atoms. The van der Waals surface area contributed by atoms with Gasteiger partial charge in [0, 0.05) is 6.07 Å². The van der Waals surface area contributed by atoms with Crippen molar-refractivity contribution < 1.29 is 14.6 Å². The number of aromatic nitrogens is 2. The van der Waals surface area contributed by atoms with Gasteiger partial charge in [0.05, 0.1) is 18.4 Å². The van der Waals surface area contributed by atoms with Gasteiger partial charge in [-0.1, -0.05) is 0 Å². The van der Waals surface area contributed by atoms with Crippen molar-refractivity contribution in [1.82, 2.24) is 10.2 Å². The lowest BCUT2D eigenvalue weighted by molar-refractivity contribution is 0.0695. The molecule has 0 amide bonds. The molecule has 0 bridgehead atoms. The van der Waals surface area contributed by atoms with Crippen LogP contribution in [0.25, 0.3) is 0 Å². The van der Waals surface area contributed by atoms with Crippen LogP contribution in [-0.4, -0.2) is 27.9 Å². The number of hydrogen-bond acceptors (Lipinski definition) is 4. The van der Waals surface area contributed by atoms with E-state index in [9.17, 15) is 4.79 Å². The third-order valence-corrected chi connectivity index (χ3v) is 1.17. The quantitative estimate of drug-likeness (QED) is 0.714. The molecule has 64 valence electrons. The molecule has 0 aromatic carbocycles. The summed E-state index contributed by atoms with van der Waals surface area (Å²) in [6, 6.07) is 1.33. The van der Waals surface area contributed by atoms with Gasteiger partial charge in [-0.05, 0) is 6.92 Å². The van der Waals surface area contributed by atoms with E-state index in [0.717, 1.165) is 0 Å². The Labute approximate surface area is 69.0 Å². The normalized spacial score (nSPS) is 9.42. The molecule has 5 nitrogen and oxygen atoms in total. The van der Waals surface area contributed by atoms with Gasteiger partial charge >= 0.3 is 5.97 Å². The molecule has 1 heterocycles. The average Bonchev–Trinajstić information content (AvgIpc) is 2.05. The number of nitrogens with zero attached hydrogens (tertiary/aromatic N) is 2. The van der Waals surface area contributed by atoms with Crippen molar-refractivity contribution in [2.75, 3.05) is 6.61 Å². The van der Waals surface area contributed by atoms with E-state index in [1.807, 2.05) is 0 Å². The third-order valence-electron chi connectivity index (χ3n) is 1.17. The zero-order valence-corrected chi connectivity index (χ0v) is 6.52. The molecule has 0 unspecified atom stereocenters. The van der Waals surface area contributed by atoms with Crippen LogP contribution in [0.4, 0.5) is 0 Å². The second kappa shape index (κ2) is 3.66. The lowest BCUT2D eigenvalue weighted by Crippen LogP contribution is -2.01. The Morgan fingerprint density at radius 3 is 3.08 bits per heavy atom. The molecular weight excluding hydrogens is 160 g/mol. The van der Waals surface area contributed by atoms with Gasteiger partial charge in [-0.25, -0.2) is 4.79 Å². The van der Waals surface area contributed by atoms with Crippen LogP contribution in [0.3, 0.4) is 0 Å². The summed E-state index contributed by atoms with van der Waals surface area (Å²) in [5, 5.41) is 15.6. The number of carboxylic acids is 1. The van der Waals surface area contributed by atoms with Gasteiger partial charge < -0.3 is 9.84 Å². The van der Waals surface area contributed by atoms with E-state index in [-0.39, 0.29) is 11.4 Å². The molecule has 1 aromatic rings. The SMILES string of the molecule is CCOc1cc(C(=O)O)cnn1. The maximum Gasteiger partial charge on any atom is 0.337 e. The minimum Gasteiger partial charge on any atom is -0.478 e. The van der Waals surface area contributed by atoms with Crippen LogP contribution in [0.5, 0.6) is 5.88 Å². The van der Waals surface area contributed by atoms with Crippen molar-refractivity contribution in [3.05, 3.63) is 17.8 Å². The summed E-state index contributed by atoms with van der Waals surface area (Å²) in [6.45, 7) is 2.23. The van der Waals surface area contributed by atoms with Gasteiger partial charge in [0.2, 0.25) is 5.88 Å². The summed E-state index contributed by atoms with van der Waals surface area (Å²) in [4.78, 5) is 10.4. The highest BCUT2D eigenvalue weighted by molar-refractivity contribution is 5.87. The van der Waals surface area contributed by atoms with Crippen LogP contribution < -0.4 is 4.74 Å². The van der Waals surface area contributed by atoms with Crippen LogP contribution in [0, 0.1) is 0 Å². The standard InChI is InChI=1S/C7H8N2O3/c1-2-12-6-3-5(7(10)11)4-8-9-6/h3-4H,2H2,1H3,(H,10,11). The van der Waals surface area contributed by atoms with Crippen LogP contribution in [0.2, 0.25) is 0 Å². The number of aromatic carboxylic acids is 1. The highest BCUT2D eigenvalue weighted by Crippen LogP contribution is 2.06. The Kier molecular flexibility index (Phi) is 2.57. The zero-order chi connectivity index (χ0) is 8.97. The van der Waals surface area contributed by atoms with Crippen LogP contribution in [-0.2, 0) is 0 Å². The summed E-state index contributed by atoms with van der Waals surface area (Å²) in [7, 11) is 0. The second-order valence-electron chi connectivity index (χ2n) is 2.02. The number of ether oxygens (including phenoxy) is 1. The van der Waals surface area contributed by atoms with Gasteiger partial charge in [0.1, 0.15) is 0 Å². The van der Waals surface area contributed by atoms with E-state index in [2.05, 4.69) is 10.2 Å². The smallest absolute Gasteiger partial charge is 0.337 e.